The van der Waals surface area contributed by atoms with Crippen molar-refractivity contribution in [2.24, 2.45) is 0 Å². The van der Waals surface area contributed by atoms with Crippen molar-refractivity contribution in [3.8, 4) is 5.75 Å². The summed E-state index contributed by atoms with van der Waals surface area (Å²) in [7, 11) is 1.60. The molecular weight excluding hydrogens is 320 g/mol. The number of carbonyl (C=O) groups excluding carboxylic acids is 1. The molecule has 0 spiro atoms. The first-order chi connectivity index (χ1) is 10.6. The fourth-order valence-corrected chi connectivity index (χ4v) is 3.31. The van der Waals surface area contributed by atoms with Crippen LogP contribution in [0.4, 0.5) is 5.13 Å². The molecule has 22 heavy (non-hydrogen) atoms. The Labute approximate surface area is 136 Å². The van der Waals surface area contributed by atoms with Crippen LogP contribution in [0.3, 0.4) is 0 Å². The molecule has 112 valence electrons. The van der Waals surface area contributed by atoms with E-state index < -0.39 is 0 Å². The van der Waals surface area contributed by atoms with Crippen LogP contribution in [0.5, 0.6) is 5.75 Å². The van der Waals surface area contributed by atoms with Gasteiger partial charge in [-0.2, -0.15) is 0 Å². The quantitative estimate of drug-likeness (QED) is 0.767. The Morgan fingerprint density at radius 3 is 2.77 bits per heavy atom. The Kier molecular flexibility index (Phi) is 4.00. The Morgan fingerprint density at radius 1 is 1.27 bits per heavy atom. The van der Waals surface area contributed by atoms with Gasteiger partial charge in [-0.1, -0.05) is 41.1 Å². The van der Waals surface area contributed by atoms with Gasteiger partial charge >= 0.3 is 0 Å². The Bertz CT molecular complexity index is 860. The van der Waals surface area contributed by atoms with Gasteiger partial charge < -0.3 is 4.74 Å². The molecule has 0 saturated heterocycles. The van der Waals surface area contributed by atoms with Crippen LogP contribution in [-0.2, 0) is 0 Å². The highest BCUT2D eigenvalue weighted by molar-refractivity contribution is 7.22. The van der Waals surface area contributed by atoms with Crippen LogP contribution in [0.15, 0.2) is 36.4 Å². The molecule has 2 aromatic carbocycles. The van der Waals surface area contributed by atoms with E-state index in [1.54, 1.807) is 31.4 Å². The third-order valence-electron chi connectivity index (χ3n) is 3.26. The summed E-state index contributed by atoms with van der Waals surface area (Å²) in [6, 6.07) is 10.8. The number of nitrogens with one attached hydrogen (secondary N) is 1. The summed E-state index contributed by atoms with van der Waals surface area (Å²) in [4.78, 5) is 16.7. The lowest BCUT2D eigenvalue weighted by Crippen LogP contribution is -2.12. The van der Waals surface area contributed by atoms with Crippen LogP contribution in [0.2, 0.25) is 5.02 Å². The number of hydrogen-bond acceptors (Lipinski definition) is 4. The van der Waals surface area contributed by atoms with Gasteiger partial charge in [-0.15, -0.1) is 0 Å². The fourth-order valence-electron chi connectivity index (χ4n) is 2.14. The number of halogens is 1. The lowest BCUT2D eigenvalue weighted by atomic mass is 10.2. The molecule has 1 amide bonds. The molecule has 1 heterocycles. The number of rotatable bonds is 3. The summed E-state index contributed by atoms with van der Waals surface area (Å²) in [5.74, 6) is 0.413. The van der Waals surface area contributed by atoms with Crippen molar-refractivity contribution in [1.29, 1.82) is 0 Å². The molecule has 0 atom stereocenters. The smallest absolute Gasteiger partial charge is 0.258 e. The Morgan fingerprint density at radius 2 is 2.05 bits per heavy atom. The number of nitrogens with zero attached hydrogens (tertiary/aromatic N) is 1. The number of anilines is 1. The lowest BCUT2D eigenvalue weighted by Gasteiger charge is -2.03. The number of thiazole rings is 1. The molecule has 0 aliphatic heterocycles. The fraction of sp³-hybridized carbons (Fsp3) is 0.125. The zero-order valence-electron chi connectivity index (χ0n) is 12.0. The van der Waals surface area contributed by atoms with E-state index in [0.29, 0.717) is 21.5 Å². The second kappa shape index (κ2) is 5.94. The number of methoxy groups -OCH3 is 1. The van der Waals surface area contributed by atoms with E-state index in [2.05, 4.69) is 10.3 Å². The van der Waals surface area contributed by atoms with Gasteiger partial charge in [0.15, 0.2) is 5.13 Å². The summed E-state index contributed by atoms with van der Waals surface area (Å²) in [5.41, 5.74) is 2.26. The zero-order chi connectivity index (χ0) is 15.7. The number of hydrogen-bond donors (Lipinski definition) is 1. The highest BCUT2D eigenvalue weighted by Gasteiger charge is 2.15. The van der Waals surface area contributed by atoms with Crippen LogP contribution >= 0.6 is 22.9 Å². The minimum Gasteiger partial charge on any atom is -0.494 e. The van der Waals surface area contributed by atoms with Crippen molar-refractivity contribution in [2.45, 2.75) is 6.92 Å². The molecule has 0 aliphatic carbocycles. The van der Waals surface area contributed by atoms with E-state index >= 15 is 0 Å². The largest absolute Gasteiger partial charge is 0.494 e. The van der Waals surface area contributed by atoms with Gasteiger partial charge in [0.25, 0.3) is 5.91 Å². The lowest BCUT2D eigenvalue weighted by molar-refractivity contribution is 0.102. The van der Waals surface area contributed by atoms with Crippen LogP contribution in [0.25, 0.3) is 10.2 Å². The predicted molar refractivity (Wildman–Crippen MR) is 90.3 cm³/mol. The molecule has 3 rings (SSSR count). The van der Waals surface area contributed by atoms with Gasteiger partial charge in [0.2, 0.25) is 0 Å². The number of benzene rings is 2. The Balaban J connectivity index is 1.96. The van der Waals surface area contributed by atoms with Gasteiger partial charge in [0.05, 0.1) is 22.4 Å². The highest BCUT2D eigenvalue weighted by atomic mass is 35.5. The highest BCUT2D eigenvalue weighted by Crippen LogP contribution is 2.35. The third kappa shape index (κ3) is 2.65. The second-order valence-electron chi connectivity index (χ2n) is 4.72. The van der Waals surface area contributed by atoms with E-state index in [0.717, 1.165) is 15.8 Å². The van der Waals surface area contributed by atoms with Gasteiger partial charge in [-0.05, 0) is 30.7 Å². The molecule has 3 aromatic rings. The molecule has 0 bridgehead atoms. The van der Waals surface area contributed by atoms with Crippen molar-refractivity contribution in [3.05, 3.63) is 52.5 Å². The molecule has 0 saturated carbocycles. The first kappa shape index (κ1) is 14.8. The maximum atomic E-state index is 12.3. The van der Waals surface area contributed by atoms with Crippen LogP contribution < -0.4 is 10.1 Å². The first-order valence-corrected chi connectivity index (χ1v) is 7.79. The zero-order valence-corrected chi connectivity index (χ0v) is 13.6. The summed E-state index contributed by atoms with van der Waals surface area (Å²) in [6.45, 7) is 2.00. The van der Waals surface area contributed by atoms with Crippen molar-refractivity contribution in [3.63, 3.8) is 0 Å². The van der Waals surface area contributed by atoms with Crippen LogP contribution in [0, 0.1) is 6.92 Å². The van der Waals surface area contributed by atoms with E-state index in [9.17, 15) is 4.79 Å². The predicted octanol–water partition coefficient (Wildman–Crippen LogP) is 4.52. The van der Waals surface area contributed by atoms with Crippen molar-refractivity contribution in [2.75, 3.05) is 12.4 Å². The molecule has 1 aromatic heterocycles. The minimum atomic E-state index is -0.277. The van der Waals surface area contributed by atoms with Crippen molar-refractivity contribution in [1.82, 2.24) is 4.98 Å². The molecule has 0 radical (unpaired) electrons. The molecule has 1 N–H and O–H groups in total. The summed E-state index contributed by atoms with van der Waals surface area (Å²) < 4.78 is 6.31. The van der Waals surface area contributed by atoms with Gasteiger partial charge in [-0.25, -0.2) is 4.98 Å². The monoisotopic (exact) mass is 332 g/mol. The van der Waals surface area contributed by atoms with Crippen LogP contribution in [-0.4, -0.2) is 18.0 Å². The van der Waals surface area contributed by atoms with Gasteiger partial charge in [0, 0.05) is 0 Å². The van der Waals surface area contributed by atoms with E-state index in [1.807, 2.05) is 19.1 Å². The number of ether oxygens (including phenoxy) is 1. The third-order valence-corrected chi connectivity index (χ3v) is 4.70. The number of aromatic nitrogens is 1. The molecule has 0 fully saturated rings. The van der Waals surface area contributed by atoms with Gasteiger partial charge in [0.1, 0.15) is 11.3 Å². The summed E-state index contributed by atoms with van der Waals surface area (Å²) in [5, 5.41) is 3.73. The van der Waals surface area contributed by atoms with E-state index in [4.69, 9.17) is 16.3 Å². The van der Waals surface area contributed by atoms with Crippen molar-refractivity contribution < 1.29 is 9.53 Å². The molecule has 4 nitrogen and oxygen atoms in total. The summed E-state index contributed by atoms with van der Waals surface area (Å²) in [6.07, 6.45) is 0. The maximum absolute atomic E-state index is 12.3. The normalized spacial score (nSPS) is 10.7. The van der Waals surface area contributed by atoms with E-state index in [1.165, 1.54) is 11.3 Å². The topological polar surface area (TPSA) is 51.2 Å². The molecular formula is C16H13ClN2O2S. The standard InChI is InChI=1S/C16H13ClN2O2S/c1-9-7-8-12(21-2)13-14(9)22-16(18-13)19-15(20)10-5-3-4-6-11(10)17/h3-8H,1-2H3,(H,18,19,20). The second-order valence-corrected chi connectivity index (χ2v) is 6.12. The average Bonchev–Trinajstić information content (AvgIpc) is 2.92. The molecule has 6 heteroatoms. The number of amides is 1. The average molecular weight is 333 g/mol. The van der Waals surface area contributed by atoms with Gasteiger partial charge in [-0.3, -0.25) is 10.1 Å². The maximum Gasteiger partial charge on any atom is 0.258 e. The number of carbonyl (C=O) groups is 1. The van der Waals surface area contributed by atoms with Crippen molar-refractivity contribution >= 4 is 44.2 Å². The minimum absolute atomic E-state index is 0.277. The van der Waals surface area contributed by atoms with Crippen LogP contribution in [0.1, 0.15) is 15.9 Å². The molecule has 0 aliphatic rings. The first-order valence-electron chi connectivity index (χ1n) is 6.60. The number of fused-ring (bicyclic) bond motifs is 1. The number of aryl methyl sites for hydroxylation is 1. The molecule has 0 unspecified atom stereocenters. The Hall–Kier alpha value is -2.11. The summed E-state index contributed by atoms with van der Waals surface area (Å²) >= 11 is 7.46. The SMILES string of the molecule is COc1ccc(C)c2sc(NC(=O)c3ccccc3Cl)nc12. The van der Waals surface area contributed by atoms with E-state index in [-0.39, 0.29) is 5.91 Å².